The van der Waals surface area contributed by atoms with E-state index in [0.29, 0.717) is 41.2 Å². The minimum absolute atomic E-state index is 0.171. The Morgan fingerprint density at radius 2 is 1.93 bits per heavy atom. The summed E-state index contributed by atoms with van der Waals surface area (Å²) in [7, 11) is 0. The average Bonchev–Trinajstić information content (AvgIpc) is 3.46. The number of hydrogen-bond donors (Lipinski definition) is 3. The summed E-state index contributed by atoms with van der Waals surface area (Å²) in [6, 6.07) is 7.82. The number of aromatic amines is 1. The Kier molecular flexibility index (Phi) is 4.83. The first-order valence-electron chi connectivity index (χ1n) is 10.3. The molecule has 3 heterocycles. The van der Waals surface area contributed by atoms with Crippen LogP contribution in [0.2, 0.25) is 5.02 Å². The van der Waals surface area contributed by atoms with Crippen LogP contribution in [0.4, 0.5) is 11.6 Å². The number of piperazine rings is 1. The second-order valence-electron chi connectivity index (χ2n) is 8.34. The fraction of sp³-hybridized carbons (Fsp3) is 0.429. The molecule has 1 aliphatic heterocycles. The van der Waals surface area contributed by atoms with Crippen LogP contribution in [0.1, 0.15) is 48.9 Å². The van der Waals surface area contributed by atoms with Gasteiger partial charge in [-0.2, -0.15) is 5.10 Å². The first kappa shape index (κ1) is 19.3. The maximum Gasteiger partial charge on any atom is 0.291 e. The van der Waals surface area contributed by atoms with Crippen LogP contribution in [0.25, 0.3) is 10.9 Å². The number of nitrogens with zero attached hydrogens (tertiary/aromatic N) is 4. The van der Waals surface area contributed by atoms with Crippen LogP contribution in [-0.4, -0.2) is 56.1 Å². The highest BCUT2D eigenvalue weighted by Crippen LogP contribution is 2.39. The number of fused-ring (bicyclic) bond motifs is 1. The number of benzene rings is 1. The number of carbonyl (C=O) groups is 1. The first-order valence-corrected chi connectivity index (χ1v) is 10.7. The monoisotopic (exact) mass is 425 g/mol. The Labute approximate surface area is 179 Å². The van der Waals surface area contributed by atoms with Gasteiger partial charge in [0.15, 0.2) is 5.82 Å². The third-order valence-corrected chi connectivity index (χ3v) is 5.79. The lowest BCUT2D eigenvalue weighted by Crippen LogP contribution is -2.56. The summed E-state index contributed by atoms with van der Waals surface area (Å²) in [5.74, 6) is 1.76. The van der Waals surface area contributed by atoms with Gasteiger partial charge in [-0.15, -0.1) is 0 Å². The molecule has 2 fully saturated rings. The third kappa shape index (κ3) is 3.85. The van der Waals surface area contributed by atoms with Gasteiger partial charge in [-0.05, 0) is 44.9 Å². The van der Waals surface area contributed by atoms with Crippen LogP contribution in [0.3, 0.4) is 0 Å². The minimum atomic E-state index is -0.171. The molecule has 1 aromatic carbocycles. The quantitative estimate of drug-likeness (QED) is 0.592. The van der Waals surface area contributed by atoms with Gasteiger partial charge in [0.1, 0.15) is 5.82 Å². The predicted molar refractivity (Wildman–Crippen MR) is 116 cm³/mol. The van der Waals surface area contributed by atoms with Crippen LogP contribution in [-0.2, 0) is 0 Å². The van der Waals surface area contributed by atoms with Gasteiger partial charge in [-0.3, -0.25) is 9.89 Å². The first-order chi connectivity index (χ1) is 14.5. The van der Waals surface area contributed by atoms with Crippen LogP contribution < -0.4 is 10.6 Å². The van der Waals surface area contributed by atoms with E-state index in [1.807, 2.05) is 17.0 Å². The highest BCUT2D eigenvalue weighted by Gasteiger charge is 2.28. The molecule has 2 atom stereocenters. The number of hydrogen-bond acceptors (Lipinski definition) is 6. The van der Waals surface area contributed by atoms with Crippen LogP contribution >= 0.6 is 11.6 Å². The zero-order chi connectivity index (χ0) is 20.8. The Balaban J connectivity index is 1.51. The SMILES string of the molecule is CC1CN(C(=O)c2nc(Nc3cc(C4CC4)[nH]n3)c3cc(Cl)ccc3n2)CC(C)N1. The van der Waals surface area contributed by atoms with Gasteiger partial charge >= 0.3 is 0 Å². The van der Waals surface area contributed by atoms with Crippen molar-refractivity contribution >= 4 is 40.0 Å². The molecule has 156 valence electrons. The fourth-order valence-electron chi connectivity index (χ4n) is 4.05. The molecule has 3 N–H and O–H groups in total. The number of amides is 1. The fourth-order valence-corrected chi connectivity index (χ4v) is 4.22. The molecule has 2 unspecified atom stereocenters. The van der Waals surface area contributed by atoms with E-state index in [9.17, 15) is 4.79 Å². The summed E-state index contributed by atoms with van der Waals surface area (Å²) < 4.78 is 0. The topological polar surface area (TPSA) is 98.8 Å². The van der Waals surface area contributed by atoms with E-state index in [1.54, 1.807) is 12.1 Å². The Morgan fingerprint density at radius 1 is 1.17 bits per heavy atom. The highest BCUT2D eigenvalue weighted by molar-refractivity contribution is 6.31. The number of carbonyl (C=O) groups excluding carboxylic acids is 1. The van der Waals surface area contributed by atoms with Crippen molar-refractivity contribution in [1.29, 1.82) is 0 Å². The van der Waals surface area contributed by atoms with E-state index in [1.165, 1.54) is 12.8 Å². The number of halogens is 1. The molecule has 1 aliphatic carbocycles. The zero-order valence-electron chi connectivity index (χ0n) is 16.9. The summed E-state index contributed by atoms with van der Waals surface area (Å²) in [5.41, 5.74) is 1.78. The van der Waals surface area contributed by atoms with Crippen LogP contribution in [0.15, 0.2) is 24.3 Å². The minimum Gasteiger partial charge on any atom is -0.333 e. The standard InChI is InChI=1S/C21H24ClN7O/c1-11-9-29(10-12(2)23-11)21(30)20-24-16-6-5-14(22)7-15(16)19(26-20)25-18-8-17(27-28-18)13-3-4-13/h5-8,11-13,23H,3-4,9-10H2,1-2H3,(H2,24,25,26,27,28). The average molecular weight is 426 g/mol. The number of rotatable bonds is 4. The van der Waals surface area contributed by atoms with E-state index in [2.05, 4.69) is 44.6 Å². The van der Waals surface area contributed by atoms with E-state index in [-0.39, 0.29) is 23.8 Å². The van der Waals surface area contributed by atoms with Crippen molar-refractivity contribution in [3.05, 3.63) is 40.8 Å². The number of aromatic nitrogens is 4. The number of nitrogens with one attached hydrogen (secondary N) is 3. The van der Waals surface area contributed by atoms with E-state index < -0.39 is 0 Å². The van der Waals surface area contributed by atoms with Gasteiger partial charge in [0.25, 0.3) is 5.91 Å². The highest BCUT2D eigenvalue weighted by atomic mass is 35.5. The molecule has 8 nitrogen and oxygen atoms in total. The summed E-state index contributed by atoms with van der Waals surface area (Å²) >= 11 is 6.22. The van der Waals surface area contributed by atoms with Gasteiger partial charge in [-0.25, -0.2) is 9.97 Å². The molecule has 9 heteroatoms. The third-order valence-electron chi connectivity index (χ3n) is 5.56. The largest absolute Gasteiger partial charge is 0.333 e. The summed E-state index contributed by atoms with van der Waals surface area (Å²) in [6.07, 6.45) is 2.38. The molecule has 2 aliphatic rings. The van der Waals surface area contributed by atoms with Crippen molar-refractivity contribution in [3.63, 3.8) is 0 Å². The van der Waals surface area contributed by atoms with E-state index >= 15 is 0 Å². The van der Waals surface area contributed by atoms with Gasteiger partial charge in [0, 0.05) is 53.3 Å². The van der Waals surface area contributed by atoms with Crippen molar-refractivity contribution in [2.45, 2.75) is 44.7 Å². The molecule has 1 saturated heterocycles. The van der Waals surface area contributed by atoms with Gasteiger partial charge in [0.2, 0.25) is 5.82 Å². The maximum absolute atomic E-state index is 13.2. The normalized spacial score (nSPS) is 21.8. The molecule has 0 spiro atoms. The predicted octanol–water partition coefficient (Wildman–Crippen LogP) is 3.45. The second kappa shape index (κ2) is 7.52. The molecule has 5 rings (SSSR count). The Hall–Kier alpha value is -2.71. The summed E-state index contributed by atoms with van der Waals surface area (Å²) in [5, 5.41) is 15.5. The zero-order valence-corrected chi connectivity index (χ0v) is 17.7. The van der Waals surface area contributed by atoms with Gasteiger partial charge in [-0.1, -0.05) is 11.6 Å². The lowest BCUT2D eigenvalue weighted by molar-refractivity contribution is 0.0662. The summed E-state index contributed by atoms with van der Waals surface area (Å²) in [4.78, 5) is 24.1. The number of anilines is 2. The maximum atomic E-state index is 13.2. The molecule has 30 heavy (non-hydrogen) atoms. The molecular formula is C21H24ClN7O. The van der Waals surface area contributed by atoms with Gasteiger partial charge < -0.3 is 15.5 Å². The van der Waals surface area contributed by atoms with Gasteiger partial charge in [0.05, 0.1) is 5.52 Å². The Bertz CT molecular complexity index is 1100. The van der Waals surface area contributed by atoms with Crippen molar-refractivity contribution in [2.75, 3.05) is 18.4 Å². The van der Waals surface area contributed by atoms with Crippen LogP contribution in [0.5, 0.6) is 0 Å². The Morgan fingerprint density at radius 3 is 2.67 bits per heavy atom. The molecule has 1 saturated carbocycles. The molecule has 0 bridgehead atoms. The van der Waals surface area contributed by atoms with Crippen molar-refractivity contribution in [3.8, 4) is 0 Å². The van der Waals surface area contributed by atoms with E-state index in [4.69, 9.17) is 11.6 Å². The second-order valence-corrected chi connectivity index (χ2v) is 8.78. The molecular weight excluding hydrogens is 402 g/mol. The molecule has 3 aromatic rings. The van der Waals surface area contributed by atoms with Crippen molar-refractivity contribution < 1.29 is 4.79 Å². The smallest absolute Gasteiger partial charge is 0.291 e. The number of H-pyrrole nitrogens is 1. The lowest BCUT2D eigenvalue weighted by atomic mass is 10.1. The van der Waals surface area contributed by atoms with Crippen molar-refractivity contribution in [2.24, 2.45) is 0 Å². The molecule has 2 aromatic heterocycles. The lowest BCUT2D eigenvalue weighted by Gasteiger charge is -2.35. The summed E-state index contributed by atoms with van der Waals surface area (Å²) in [6.45, 7) is 5.39. The van der Waals surface area contributed by atoms with Crippen molar-refractivity contribution in [1.82, 2.24) is 30.4 Å². The molecule has 0 radical (unpaired) electrons. The molecule has 1 amide bonds. The van der Waals surface area contributed by atoms with E-state index in [0.717, 1.165) is 11.1 Å². The van der Waals surface area contributed by atoms with Crippen LogP contribution in [0, 0.1) is 0 Å².